The Morgan fingerprint density at radius 3 is 1.41 bits per heavy atom. The van der Waals surface area contributed by atoms with Crippen molar-refractivity contribution >= 4 is 43.1 Å². The van der Waals surface area contributed by atoms with Crippen LogP contribution < -0.4 is 0 Å². The van der Waals surface area contributed by atoms with Crippen LogP contribution >= 0.6 is 0 Å². The first-order valence-electron chi connectivity index (χ1n) is 11.8. The summed E-state index contributed by atoms with van der Waals surface area (Å²) >= 11 is 0. The normalized spacial score (nSPS) is 11.5. The van der Waals surface area contributed by atoms with Crippen LogP contribution in [0.4, 0.5) is 0 Å². The topological polar surface area (TPSA) is 0 Å². The maximum atomic E-state index is 2.34. The number of rotatable bonds is 2. The fourth-order valence-corrected chi connectivity index (χ4v) is 5.52. The Morgan fingerprint density at radius 1 is 0.324 bits per heavy atom. The fraction of sp³-hybridized carbons (Fsp3) is 0. The van der Waals surface area contributed by atoms with Crippen molar-refractivity contribution < 1.29 is 0 Å². The minimum atomic E-state index is 1.24. The van der Waals surface area contributed by atoms with E-state index in [1.807, 2.05) is 0 Å². The van der Waals surface area contributed by atoms with E-state index in [0.29, 0.717) is 0 Å². The summed E-state index contributed by atoms with van der Waals surface area (Å²) in [7, 11) is 0. The largest absolute Gasteiger partial charge is 0.0622 e. The van der Waals surface area contributed by atoms with Crippen LogP contribution in [0.2, 0.25) is 0 Å². The molecule has 7 rings (SSSR count). The molecule has 34 heavy (non-hydrogen) atoms. The SMILES string of the molecule is c1ccc(-c2cccc3cc4ccccc4c(-c4c5ccccc5cc5ccccc45)c23)cc1. The second-order valence-electron chi connectivity index (χ2n) is 8.94. The number of hydrogen-bond acceptors (Lipinski definition) is 0. The minimum Gasteiger partial charge on any atom is -0.0622 e. The van der Waals surface area contributed by atoms with Gasteiger partial charge in [0.1, 0.15) is 0 Å². The summed E-state index contributed by atoms with van der Waals surface area (Å²) in [6, 6.07) is 48.6. The Balaban J connectivity index is 1.78. The quantitative estimate of drug-likeness (QED) is 0.239. The standard InChI is InChI=1S/C34H22/c1-2-11-23(12-3-1)28-20-10-16-27-22-26-15-6-9-19-31(26)34(32(27)28)33-29-17-7-4-13-24(29)21-25-14-5-8-18-30(25)33/h1-22H. The molecular weight excluding hydrogens is 408 g/mol. The second-order valence-corrected chi connectivity index (χ2v) is 8.94. The van der Waals surface area contributed by atoms with Gasteiger partial charge in [-0.05, 0) is 77.5 Å². The average molecular weight is 431 g/mol. The molecule has 7 aromatic carbocycles. The lowest BCUT2D eigenvalue weighted by atomic mass is 9.84. The van der Waals surface area contributed by atoms with Crippen molar-refractivity contribution in [3.8, 4) is 22.3 Å². The van der Waals surface area contributed by atoms with Crippen LogP contribution in [0.5, 0.6) is 0 Å². The van der Waals surface area contributed by atoms with Gasteiger partial charge in [0.15, 0.2) is 0 Å². The highest BCUT2D eigenvalue weighted by molar-refractivity contribution is 6.25. The fourth-order valence-electron chi connectivity index (χ4n) is 5.52. The number of hydrogen-bond donors (Lipinski definition) is 0. The monoisotopic (exact) mass is 430 g/mol. The maximum absolute atomic E-state index is 2.34. The molecule has 158 valence electrons. The molecule has 0 amide bonds. The molecule has 7 aromatic rings. The Morgan fingerprint density at radius 2 is 0.794 bits per heavy atom. The van der Waals surface area contributed by atoms with Crippen molar-refractivity contribution in [3.63, 3.8) is 0 Å². The van der Waals surface area contributed by atoms with Gasteiger partial charge in [-0.2, -0.15) is 0 Å². The van der Waals surface area contributed by atoms with E-state index in [1.54, 1.807) is 0 Å². The van der Waals surface area contributed by atoms with Crippen LogP contribution in [-0.2, 0) is 0 Å². The lowest BCUT2D eigenvalue weighted by Crippen LogP contribution is -1.92. The molecule has 0 fully saturated rings. The first-order valence-corrected chi connectivity index (χ1v) is 11.8. The van der Waals surface area contributed by atoms with E-state index in [4.69, 9.17) is 0 Å². The Kier molecular flexibility index (Phi) is 4.25. The Bertz CT molecular complexity index is 1790. The second kappa shape index (κ2) is 7.57. The van der Waals surface area contributed by atoms with Crippen LogP contribution in [0.15, 0.2) is 133 Å². The molecule has 0 spiro atoms. The van der Waals surface area contributed by atoms with Gasteiger partial charge >= 0.3 is 0 Å². The first kappa shape index (κ1) is 19.1. The van der Waals surface area contributed by atoms with Gasteiger partial charge in [0.05, 0.1) is 0 Å². The van der Waals surface area contributed by atoms with Crippen molar-refractivity contribution in [2.75, 3.05) is 0 Å². The molecule has 0 bridgehead atoms. The van der Waals surface area contributed by atoms with Crippen molar-refractivity contribution in [1.29, 1.82) is 0 Å². The summed E-state index contributed by atoms with van der Waals surface area (Å²) in [5.41, 5.74) is 5.16. The van der Waals surface area contributed by atoms with Gasteiger partial charge in [-0.25, -0.2) is 0 Å². The molecule has 0 aliphatic rings. The van der Waals surface area contributed by atoms with Crippen molar-refractivity contribution in [3.05, 3.63) is 133 Å². The molecule has 0 saturated heterocycles. The predicted octanol–water partition coefficient (Wildman–Crippen LogP) is 9.63. The highest BCUT2D eigenvalue weighted by Gasteiger charge is 2.18. The predicted molar refractivity (Wildman–Crippen MR) is 147 cm³/mol. The van der Waals surface area contributed by atoms with E-state index in [2.05, 4.69) is 133 Å². The smallest absolute Gasteiger partial charge is 0.000808 e. The molecule has 0 saturated carbocycles. The average Bonchev–Trinajstić information content (AvgIpc) is 2.91. The molecular formula is C34H22. The van der Waals surface area contributed by atoms with Gasteiger partial charge in [0.25, 0.3) is 0 Å². The van der Waals surface area contributed by atoms with E-state index in [9.17, 15) is 0 Å². The molecule has 0 atom stereocenters. The van der Waals surface area contributed by atoms with Crippen LogP contribution in [0.3, 0.4) is 0 Å². The zero-order valence-corrected chi connectivity index (χ0v) is 18.7. The van der Waals surface area contributed by atoms with Gasteiger partial charge in [-0.3, -0.25) is 0 Å². The molecule has 0 unspecified atom stereocenters. The Labute approximate surface area is 198 Å². The zero-order chi connectivity index (χ0) is 22.5. The summed E-state index contributed by atoms with van der Waals surface area (Å²) in [5.74, 6) is 0. The summed E-state index contributed by atoms with van der Waals surface area (Å²) in [6.07, 6.45) is 0. The lowest BCUT2D eigenvalue weighted by molar-refractivity contribution is 1.65. The van der Waals surface area contributed by atoms with Crippen LogP contribution in [-0.4, -0.2) is 0 Å². The molecule has 0 radical (unpaired) electrons. The molecule has 0 N–H and O–H groups in total. The van der Waals surface area contributed by atoms with Crippen molar-refractivity contribution in [2.24, 2.45) is 0 Å². The van der Waals surface area contributed by atoms with Crippen LogP contribution in [0.1, 0.15) is 0 Å². The van der Waals surface area contributed by atoms with E-state index >= 15 is 0 Å². The van der Waals surface area contributed by atoms with Crippen LogP contribution in [0, 0.1) is 0 Å². The maximum Gasteiger partial charge on any atom is -0.000808 e. The van der Waals surface area contributed by atoms with Crippen LogP contribution in [0.25, 0.3) is 65.3 Å². The molecule has 0 aromatic heterocycles. The third-order valence-electron chi connectivity index (χ3n) is 6.99. The molecule has 0 aliphatic heterocycles. The third kappa shape index (κ3) is 2.86. The zero-order valence-electron chi connectivity index (χ0n) is 18.7. The summed E-state index contributed by atoms with van der Waals surface area (Å²) in [5, 5.41) is 10.3. The molecule has 0 nitrogen and oxygen atoms in total. The van der Waals surface area contributed by atoms with Gasteiger partial charge < -0.3 is 0 Å². The first-order chi connectivity index (χ1) is 16.9. The highest BCUT2D eigenvalue weighted by Crippen LogP contribution is 2.46. The van der Waals surface area contributed by atoms with Crippen molar-refractivity contribution in [2.45, 2.75) is 0 Å². The summed E-state index contributed by atoms with van der Waals surface area (Å²) < 4.78 is 0. The minimum absolute atomic E-state index is 1.24. The molecule has 0 aliphatic carbocycles. The van der Waals surface area contributed by atoms with Gasteiger partial charge in [0.2, 0.25) is 0 Å². The van der Waals surface area contributed by atoms with E-state index in [1.165, 1.54) is 65.3 Å². The number of benzene rings is 7. The van der Waals surface area contributed by atoms with Crippen molar-refractivity contribution in [1.82, 2.24) is 0 Å². The summed E-state index contributed by atoms with van der Waals surface area (Å²) in [6.45, 7) is 0. The van der Waals surface area contributed by atoms with E-state index in [-0.39, 0.29) is 0 Å². The van der Waals surface area contributed by atoms with E-state index < -0.39 is 0 Å². The highest BCUT2D eigenvalue weighted by atomic mass is 14.2. The van der Waals surface area contributed by atoms with E-state index in [0.717, 1.165) is 0 Å². The molecule has 0 heterocycles. The third-order valence-corrected chi connectivity index (χ3v) is 6.99. The van der Waals surface area contributed by atoms with Gasteiger partial charge in [-0.1, -0.05) is 121 Å². The van der Waals surface area contributed by atoms with Gasteiger partial charge in [-0.15, -0.1) is 0 Å². The number of fused-ring (bicyclic) bond motifs is 4. The lowest BCUT2D eigenvalue weighted by Gasteiger charge is -2.19. The molecule has 0 heteroatoms. The summed E-state index contributed by atoms with van der Waals surface area (Å²) in [4.78, 5) is 0. The Hall–Kier alpha value is -4.42. The van der Waals surface area contributed by atoms with Gasteiger partial charge in [0, 0.05) is 0 Å².